The van der Waals surface area contributed by atoms with Crippen molar-refractivity contribution in [1.29, 1.82) is 0 Å². The topological polar surface area (TPSA) is 70.5 Å². The smallest absolute Gasteiger partial charge is 0.416 e. The van der Waals surface area contributed by atoms with E-state index < -0.39 is 11.7 Å². The van der Waals surface area contributed by atoms with Gasteiger partial charge in [0, 0.05) is 16.6 Å². The molecule has 1 saturated carbocycles. The van der Waals surface area contributed by atoms with Gasteiger partial charge in [0.1, 0.15) is 12.4 Å². The number of alkyl halides is 3. The van der Waals surface area contributed by atoms with E-state index in [1.54, 1.807) is 31.2 Å². The van der Waals surface area contributed by atoms with Crippen molar-refractivity contribution in [1.82, 2.24) is 9.97 Å². The van der Waals surface area contributed by atoms with E-state index >= 15 is 0 Å². The molecule has 0 bridgehead atoms. The summed E-state index contributed by atoms with van der Waals surface area (Å²) in [7, 11) is 1.38. The quantitative estimate of drug-likeness (QED) is 0.366. The van der Waals surface area contributed by atoms with Crippen LogP contribution in [-0.2, 0) is 20.4 Å². The molecule has 0 unspecified atom stereocenters. The third-order valence-electron chi connectivity index (χ3n) is 5.66. The maximum Gasteiger partial charge on any atom is 0.416 e. The molecule has 0 amide bonds. The molecule has 1 aliphatic rings. The zero-order valence-electron chi connectivity index (χ0n) is 18.2. The molecular weight excluding hydrogens is 437 g/mol. The molecule has 1 fully saturated rings. The Labute approximate surface area is 188 Å². The third-order valence-corrected chi connectivity index (χ3v) is 5.66. The number of rotatable bonds is 7. The van der Waals surface area contributed by atoms with E-state index in [9.17, 15) is 18.0 Å². The van der Waals surface area contributed by atoms with E-state index in [0.717, 1.165) is 12.1 Å². The average molecular weight is 460 g/mol. The van der Waals surface area contributed by atoms with Crippen molar-refractivity contribution >= 4 is 16.9 Å². The van der Waals surface area contributed by atoms with Crippen molar-refractivity contribution < 1.29 is 32.2 Å². The molecule has 9 heteroatoms. The first-order chi connectivity index (χ1) is 15.7. The standard InChI is InChI=1S/C24H23F3N2O4/c1-14-20-8-5-17(24(25,26)27)13-21(20)29-22(28-14)15-3-6-18(7-4-15)32-9-10-33-19-11-16(12-19)23(30)31-2/h3-8,13,16,19H,9-12H2,1-2H3. The summed E-state index contributed by atoms with van der Waals surface area (Å²) in [6.45, 7) is 2.49. The highest BCUT2D eigenvalue weighted by Crippen LogP contribution is 2.33. The largest absolute Gasteiger partial charge is 0.491 e. The molecule has 0 N–H and O–H groups in total. The van der Waals surface area contributed by atoms with E-state index in [-0.39, 0.29) is 23.5 Å². The van der Waals surface area contributed by atoms with Crippen molar-refractivity contribution in [2.24, 2.45) is 5.92 Å². The molecule has 3 aromatic rings. The van der Waals surface area contributed by atoms with Gasteiger partial charge in [0.05, 0.1) is 36.8 Å². The highest BCUT2D eigenvalue weighted by atomic mass is 19.4. The van der Waals surface area contributed by atoms with Crippen molar-refractivity contribution in [2.45, 2.75) is 32.0 Å². The van der Waals surface area contributed by atoms with Crippen LogP contribution in [0.4, 0.5) is 13.2 Å². The SMILES string of the molecule is COC(=O)C1CC(OCCOc2ccc(-c3nc(C)c4ccc(C(F)(F)F)cc4n3)cc2)C1. The first-order valence-electron chi connectivity index (χ1n) is 10.5. The Morgan fingerprint density at radius 2 is 1.79 bits per heavy atom. The summed E-state index contributed by atoms with van der Waals surface area (Å²) in [5, 5.41) is 0.580. The number of hydrogen-bond acceptors (Lipinski definition) is 6. The maximum atomic E-state index is 13.1. The van der Waals surface area contributed by atoms with Gasteiger partial charge in [-0.05, 0) is 56.2 Å². The predicted molar refractivity (Wildman–Crippen MR) is 115 cm³/mol. The lowest BCUT2D eigenvalue weighted by Crippen LogP contribution is -2.37. The molecule has 1 aromatic heterocycles. The van der Waals surface area contributed by atoms with Crippen molar-refractivity contribution in [3.8, 4) is 17.1 Å². The predicted octanol–water partition coefficient (Wildman–Crippen LogP) is 4.97. The van der Waals surface area contributed by atoms with Gasteiger partial charge < -0.3 is 14.2 Å². The Bertz CT molecular complexity index is 1140. The fourth-order valence-electron chi connectivity index (χ4n) is 3.73. The number of carbonyl (C=O) groups is 1. The molecule has 4 rings (SSSR count). The average Bonchev–Trinajstić information content (AvgIpc) is 2.76. The molecule has 0 spiro atoms. The van der Waals surface area contributed by atoms with Crippen LogP contribution in [0.1, 0.15) is 24.1 Å². The zero-order chi connectivity index (χ0) is 23.6. The molecule has 1 heterocycles. The minimum absolute atomic E-state index is 0.0474. The van der Waals surface area contributed by atoms with Crippen molar-refractivity contribution in [3.63, 3.8) is 0 Å². The van der Waals surface area contributed by atoms with Gasteiger partial charge in [-0.2, -0.15) is 13.2 Å². The Morgan fingerprint density at radius 1 is 1.06 bits per heavy atom. The number of carbonyl (C=O) groups excluding carboxylic acids is 1. The summed E-state index contributed by atoms with van der Waals surface area (Å²) in [6.07, 6.45) is -3.06. The van der Waals surface area contributed by atoms with Crippen LogP contribution in [0.15, 0.2) is 42.5 Å². The maximum absolute atomic E-state index is 13.1. The number of hydrogen-bond donors (Lipinski definition) is 0. The molecule has 0 atom stereocenters. The summed E-state index contributed by atoms with van der Waals surface area (Å²) in [4.78, 5) is 20.1. The number of fused-ring (bicyclic) bond motifs is 1. The minimum Gasteiger partial charge on any atom is -0.491 e. The fourth-order valence-corrected chi connectivity index (χ4v) is 3.73. The number of halogens is 3. The summed E-state index contributed by atoms with van der Waals surface area (Å²) in [5.74, 6) is 0.701. The molecule has 0 aliphatic heterocycles. The third kappa shape index (κ3) is 5.24. The van der Waals surface area contributed by atoms with Crippen LogP contribution in [0.3, 0.4) is 0 Å². The summed E-state index contributed by atoms with van der Waals surface area (Å²) < 4.78 is 55.2. The minimum atomic E-state index is -4.43. The Morgan fingerprint density at radius 3 is 2.45 bits per heavy atom. The highest BCUT2D eigenvalue weighted by Gasteiger charge is 2.35. The molecule has 174 valence electrons. The van der Waals surface area contributed by atoms with E-state index in [4.69, 9.17) is 14.2 Å². The first-order valence-corrected chi connectivity index (χ1v) is 10.5. The van der Waals surface area contributed by atoms with E-state index in [1.165, 1.54) is 13.2 Å². The number of esters is 1. The second-order valence-corrected chi connectivity index (χ2v) is 7.92. The zero-order valence-corrected chi connectivity index (χ0v) is 18.2. The number of benzene rings is 2. The van der Waals surface area contributed by atoms with Crippen LogP contribution in [-0.4, -0.2) is 42.4 Å². The fraction of sp³-hybridized carbons (Fsp3) is 0.375. The normalized spacial score (nSPS) is 18.1. The Balaban J connectivity index is 1.35. The van der Waals surface area contributed by atoms with Gasteiger partial charge in [-0.15, -0.1) is 0 Å². The lowest BCUT2D eigenvalue weighted by atomic mass is 9.82. The first kappa shape index (κ1) is 23.0. The summed E-state index contributed by atoms with van der Waals surface area (Å²) >= 11 is 0. The van der Waals surface area contributed by atoms with E-state index in [2.05, 4.69) is 9.97 Å². The van der Waals surface area contributed by atoms with Crippen LogP contribution in [0.25, 0.3) is 22.3 Å². The molecule has 1 aliphatic carbocycles. The number of methoxy groups -OCH3 is 1. The van der Waals surface area contributed by atoms with Crippen LogP contribution < -0.4 is 4.74 Å². The second-order valence-electron chi connectivity index (χ2n) is 7.92. The van der Waals surface area contributed by atoms with Crippen molar-refractivity contribution in [2.75, 3.05) is 20.3 Å². The molecule has 6 nitrogen and oxygen atoms in total. The highest BCUT2D eigenvalue weighted by molar-refractivity contribution is 5.83. The van der Waals surface area contributed by atoms with E-state index in [1.807, 2.05) is 0 Å². The van der Waals surface area contributed by atoms with Gasteiger partial charge in [0.2, 0.25) is 0 Å². The van der Waals surface area contributed by atoms with E-state index in [0.29, 0.717) is 54.3 Å². The van der Waals surface area contributed by atoms with Crippen LogP contribution in [0.5, 0.6) is 5.75 Å². The molecule has 0 saturated heterocycles. The summed E-state index contributed by atoms with van der Waals surface area (Å²) in [5.41, 5.74) is 0.777. The number of aryl methyl sites for hydroxylation is 1. The van der Waals surface area contributed by atoms with Gasteiger partial charge in [-0.3, -0.25) is 4.79 Å². The van der Waals surface area contributed by atoms with Crippen LogP contribution in [0, 0.1) is 12.8 Å². The second kappa shape index (κ2) is 9.35. The summed E-state index contributed by atoms with van der Waals surface area (Å²) in [6, 6.07) is 10.5. The Kier molecular flexibility index (Phi) is 6.51. The Hall–Kier alpha value is -3.20. The molecule has 2 aromatic carbocycles. The number of ether oxygens (including phenoxy) is 3. The molecule has 33 heavy (non-hydrogen) atoms. The van der Waals surface area contributed by atoms with Gasteiger partial charge in [0.25, 0.3) is 0 Å². The van der Waals surface area contributed by atoms with Crippen LogP contribution in [0.2, 0.25) is 0 Å². The van der Waals surface area contributed by atoms with Gasteiger partial charge in [-0.1, -0.05) is 6.07 Å². The lowest BCUT2D eigenvalue weighted by molar-refractivity contribution is -0.155. The van der Waals surface area contributed by atoms with Gasteiger partial charge in [0.15, 0.2) is 5.82 Å². The molecular formula is C24H23F3N2O4. The number of aromatic nitrogens is 2. The van der Waals surface area contributed by atoms with Crippen LogP contribution >= 0.6 is 0 Å². The lowest BCUT2D eigenvalue weighted by Gasteiger charge is -2.32. The molecule has 0 radical (unpaired) electrons. The number of nitrogens with zero attached hydrogens (tertiary/aromatic N) is 2. The van der Waals surface area contributed by atoms with Gasteiger partial charge >= 0.3 is 12.1 Å². The monoisotopic (exact) mass is 460 g/mol. The van der Waals surface area contributed by atoms with Crippen molar-refractivity contribution in [3.05, 3.63) is 53.7 Å². The van der Waals surface area contributed by atoms with Gasteiger partial charge in [-0.25, -0.2) is 9.97 Å².